The maximum atomic E-state index is 12.8. The highest BCUT2D eigenvalue weighted by molar-refractivity contribution is 6.00. The van der Waals surface area contributed by atoms with E-state index in [0.717, 1.165) is 12.8 Å². The summed E-state index contributed by atoms with van der Waals surface area (Å²) in [6.07, 6.45) is 5.25. The Kier molecular flexibility index (Phi) is 5.51. The van der Waals surface area contributed by atoms with E-state index >= 15 is 0 Å². The first-order valence-electron chi connectivity index (χ1n) is 9.42. The van der Waals surface area contributed by atoms with Crippen LogP contribution in [0.5, 0.6) is 11.6 Å². The molecule has 1 N–H and O–H groups in total. The number of nitrogens with zero attached hydrogens (tertiary/aromatic N) is 3. The molecule has 1 fully saturated rings. The second-order valence-corrected chi connectivity index (χ2v) is 6.68. The Bertz CT molecular complexity index is 958. The molecule has 0 radical (unpaired) electrons. The van der Waals surface area contributed by atoms with Gasteiger partial charge in [0.25, 0.3) is 5.91 Å². The van der Waals surface area contributed by atoms with Crippen molar-refractivity contribution >= 4 is 17.5 Å². The van der Waals surface area contributed by atoms with Gasteiger partial charge in [-0.1, -0.05) is 23.4 Å². The van der Waals surface area contributed by atoms with E-state index in [1.54, 1.807) is 17.0 Å². The average Bonchev–Trinajstić information content (AvgIpc) is 3.30. The molecule has 0 bridgehead atoms. The number of rotatable bonds is 5. The molecule has 8 nitrogen and oxygen atoms in total. The number of hydrogen-bond donors (Lipinski definition) is 1. The smallest absolute Gasteiger partial charge is 0.293 e. The van der Waals surface area contributed by atoms with E-state index in [9.17, 15) is 9.59 Å². The number of carbonyl (C=O) groups excluding carboxylic acids is 2. The van der Waals surface area contributed by atoms with Crippen LogP contribution in [0.25, 0.3) is 0 Å². The van der Waals surface area contributed by atoms with Gasteiger partial charge in [0.1, 0.15) is 11.8 Å². The van der Waals surface area contributed by atoms with Gasteiger partial charge in [-0.2, -0.15) is 0 Å². The van der Waals surface area contributed by atoms with Gasteiger partial charge >= 0.3 is 0 Å². The van der Waals surface area contributed by atoms with Gasteiger partial charge in [-0.25, -0.2) is 4.98 Å². The zero-order valence-corrected chi connectivity index (χ0v) is 15.7. The number of ether oxygens (including phenoxy) is 1. The van der Waals surface area contributed by atoms with Crippen LogP contribution in [-0.4, -0.2) is 39.4 Å². The zero-order valence-electron chi connectivity index (χ0n) is 15.7. The lowest BCUT2D eigenvalue weighted by molar-refractivity contribution is -0.121. The van der Waals surface area contributed by atoms with Gasteiger partial charge in [-0.3, -0.25) is 9.59 Å². The molecular formula is C21H20N4O4. The van der Waals surface area contributed by atoms with Gasteiger partial charge in [0.05, 0.1) is 18.1 Å². The molecular weight excluding hydrogens is 372 g/mol. The van der Waals surface area contributed by atoms with Crippen LogP contribution in [0.15, 0.2) is 65.4 Å². The predicted molar refractivity (Wildman–Crippen MR) is 105 cm³/mol. The van der Waals surface area contributed by atoms with Crippen molar-refractivity contribution in [2.75, 3.05) is 11.9 Å². The van der Waals surface area contributed by atoms with E-state index in [-0.39, 0.29) is 17.6 Å². The molecule has 0 aliphatic carbocycles. The standard InChI is InChI=1S/C21H20N4O4/c26-20(17-8-4-5-13-25(17)21(27)18-11-12-23-29-18)24-15-9-10-19(22-14-15)28-16-6-2-1-3-7-16/h1-3,6-7,9-12,14,17H,4-5,8,13H2,(H,24,26)/t17-/m0/s1. The first kappa shape index (κ1) is 18.7. The summed E-state index contributed by atoms with van der Waals surface area (Å²) >= 11 is 0. The molecule has 8 heteroatoms. The quantitative estimate of drug-likeness (QED) is 0.714. The fraction of sp³-hybridized carbons (Fsp3) is 0.238. The molecule has 2 amide bonds. The topological polar surface area (TPSA) is 97.6 Å². The minimum Gasteiger partial charge on any atom is -0.439 e. The highest BCUT2D eigenvalue weighted by Gasteiger charge is 2.34. The molecule has 0 spiro atoms. The number of carbonyl (C=O) groups is 2. The van der Waals surface area contributed by atoms with Crippen molar-refractivity contribution in [2.45, 2.75) is 25.3 Å². The molecule has 29 heavy (non-hydrogen) atoms. The summed E-state index contributed by atoms with van der Waals surface area (Å²) in [5.41, 5.74) is 0.535. The maximum Gasteiger partial charge on any atom is 0.293 e. The molecule has 0 saturated carbocycles. The van der Waals surface area contributed by atoms with Crippen molar-refractivity contribution in [3.05, 3.63) is 66.7 Å². The maximum absolute atomic E-state index is 12.8. The van der Waals surface area contributed by atoms with Crippen LogP contribution in [-0.2, 0) is 4.79 Å². The van der Waals surface area contributed by atoms with Crippen LogP contribution in [0.4, 0.5) is 5.69 Å². The van der Waals surface area contributed by atoms with E-state index in [2.05, 4.69) is 15.5 Å². The summed E-state index contributed by atoms with van der Waals surface area (Å²) in [6.45, 7) is 0.500. The fourth-order valence-electron chi connectivity index (χ4n) is 3.26. The number of hydrogen-bond acceptors (Lipinski definition) is 6. The van der Waals surface area contributed by atoms with E-state index in [0.29, 0.717) is 30.3 Å². The molecule has 148 valence electrons. The minimum atomic E-state index is -0.568. The molecule has 1 aliphatic heterocycles. The monoisotopic (exact) mass is 392 g/mol. The summed E-state index contributed by atoms with van der Waals surface area (Å²) in [6, 6.07) is 13.7. The number of anilines is 1. The average molecular weight is 392 g/mol. The lowest BCUT2D eigenvalue weighted by atomic mass is 10.0. The van der Waals surface area contributed by atoms with E-state index in [4.69, 9.17) is 9.26 Å². The number of piperidine rings is 1. The highest BCUT2D eigenvalue weighted by Crippen LogP contribution is 2.23. The second kappa shape index (κ2) is 8.55. The number of likely N-dealkylation sites (tertiary alicyclic amines) is 1. The van der Waals surface area contributed by atoms with Gasteiger partial charge in [-0.15, -0.1) is 0 Å². The predicted octanol–water partition coefficient (Wildman–Crippen LogP) is 3.50. The third-order valence-corrected chi connectivity index (χ3v) is 4.68. The molecule has 1 atom stereocenters. The lowest BCUT2D eigenvalue weighted by Gasteiger charge is -2.33. The van der Waals surface area contributed by atoms with E-state index < -0.39 is 6.04 Å². The lowest BCUT2D eigenvalue weighted by Crippen LogP contribution is -2.49. The number of amides is 2. The number of benzene rings is 1. The Hall–Kier alpha value is -3.68. The number of aromatic nitrogens is 2. The number of para-hydroxylation sites is 1. The van der Waals surface area contributed by atoms with Crippen LogP contribution in [0, 0.1) is 0 Å². The van der Waals surface area contributed by atoms with Crippen LogP contribution in [0.2, 0.25) is 0 Å². The molecule has 2 aromatic heterocycles. The largest absolute Gasteiger partial charge is 0.439 e. The van der Waals surface area contributed by atoms with Gasteiger partial charge < -0.3 is 19.5 Å². The Balaban J connectivity index is 1.41. The van der Waals surface area contributed by atoms with E-state index in [1.165, 1.54) is 18.5 Å². The number of nitrogens with one attached hydrogen (secondary N) is 1. The Morgan fingerprint density at radius 2 is 1.97 bits per heavy atom. The minimum absolute atomic E-state index is 0.133. The van der Waals surface area contributed by atoms with Gasteiger partial charge in [0, 0.05) is 18.7 Å². The molecule has 1 saturated heterocycles. The third kappa shape index (κ3) is 4.43. The molecule has 1 aliphatic rings. The summed E-state index contributed by atoms with van der Waals surface area (Å²) in [4.78, 5) is 31.2. The van der Waals surface area contributed by atoms with Crippen molar-refractivity contribution in [3.8, 4) is 11.6 Å². The Labute approximate surface area is 167 Å². The van der Waals surface area contributed by atoms with Crippen molar-refractivity contribution in [1.82, 2.24) is 15.0 Å². The Morgan fingerprint density at radius 3 is 2.69 bits per heavy atom. The molecule has 0 unspecified atom stereocenters. The van der Waals surface area contributed by atoms with Crippen molar-refractivity contribution in [2.24, 2.45) is 0 Å². The number of pyridine rings is 1. The summed E-state index contributed by atoms with van der Waals surface area (Å²) in [7, 11) is 0. The highest BCUT2D eigenvalue weighted by atomic mass is 16.5. The molecule has 1 aromatic carbocycles. The van der Waals surface area contributed by atoms with Gasteiger partial charge in [0.15, 0.2) is 0 Å². The summed E-state index contributed by atoms with van der Waals surface area (Å²) in [5, 5.41) is 6.41. The summed E-state index contributed by atoms with van der Waals surface area (Å²) < 4.78 is 10.6. The molecule has 4 rings (SSSR count). The van der Waals surface area contributed by atoms with Crippen LogP contribution >= 0.6 is 0 Å². The Morgan fingerprint density at radius 1 is 1.10 bits per heavy atom. The third-order valence-electron chi connectivity index (χ3n) is 4.68. The second-order valence-electron chi connectivity index (χ2n) is 6.68. The SMILES string of the molecule is O=C(Nc1ccc(Oc2ccccc2)nc1)[C@@H]1CCCCN1C(=O)c1ccno1. The molecule has 3 heterocycles. The fourth-order valence-corrected chi connectivity index (χ4v) is 3.26. The first-order chi connectivity index (χ1) is 14.2. The van der Waals surface area contributed by atoms with Crippen LogP contribution in [0.3, 0.4) is 0 Å². The normalized spacial score (nSPS) is 16.3. The summed E-state index contributed by atoms with van der Waals surface area (Å²) in [5.74, 6) is 0.659. The first-order valence-corrected chi connectivity index (χ1v) is 9.42. The van der Waals surface area contributed by atoms with E-state index in [1.807, 2.05) is 30.3 Å². The van der Waals surface area contributed by atoms with Crippen molar-refractivity contribution in [3.63, 3.8) is 0 Å². The van der Waals surface area contributed by atoms with Gasteiger partial charge in [0.2, 0.25) is 17.5 Å². The molecule has 3 aromatic rings. The van der Waals surface area contributed by atoms with Crippen LogP contribution in [0.1, 0.15) is 29.8 Å². The van der Waals surface area contributed by atoms with Gasteiger partial charge in [-0.05, 0) is 37.5 Å². The van der Waals surface area contributed by atoms with Crippen molar-refractivity contribution < 1.29 is 18.8 Å². The van der Waals surface area contributed by atoms with Crippen molar-refractivity contribution in [1.29, 1.82) is 0 Å². The zero-order chi connectivity index (χ0) is 20.1. The van der Waals surface area contributed by atoms with Crippen LogP contribution < -0.4 is 10.1 Å².